The van der Waals surface area contributed by atoms with Gasteiger partial charge in [-0.15, -0.1) is 0 Å². The fraction of sp³-hybridized carbons (Fsp3) is 0.200. The summed E-state index contributed by atoms with van der Waals surface area (Å²) in [6.45, 7) is 4.55. The molecular formula is C15H16N2O2. The van der Waals surface area contributed by atoms with Crippen molar-refractivity contribution in [3.63, 3.8) is 0 Å². The molecule has 0 aliphatic carbocycles. The maximum absolute atomic E-state index is 10.8. The average molecular weight is 256 g/mol. The summed E-state index contributed by atoms with van der Waals surface area (Å²) < 4.78 is 0. The van der Waals surface area contributed by atoms with Crippen LogP contribution in [0.4, 0.5) is 11.4 Å². The molecule has 2 aromatic rings. The number of hydrogen-bond acceptors (Lipinski definition) is 3. The minimum Gasteiger partial charge on any atom is -0.381 e. The summed E-state index contributed by atoms with van der Waals surface area (Å²) >= 11 is 0. The molecule has 4 heteroatoms. The number of aryl methyl sites for hydroxylation is 2. The molecule has 0 bridgehead atoms. The molecule has 0 spiro atoms. The summed E-state index contributed by atoms with van der Waals surface area (Å²) in [5, 5.41) is 14.0. The number of hydrogen-bond donors (Lipinski definition) is 1. The molecular weight excluding hydrogens is 240 g/mol. The third-order valence-electron chi connectivity index (χ3n) is 2.89. The fourth-order valence-electron chi connectivity index (χ4n) is 1.88. The third-order valence-corrected chi connectivity index (χ3v) is 2.89. The Bertz CT molecular complexity index is 592. The van der Waals surface area contributed by atoms with E-state index in [1.807, 2.05) is 32.0 Å². The van der Waals surface area contributed by atoms with Gasteiger partial charge in [0.1, 0.15) is 0 Å². The molecule has 0 fully saturated rings. The van der Waals surface area contributed by atoms with Crippen molar-refractivity contribution >= 4 is 11.4 Å². The van der Waals surface area contributed by atoms with Crippen LogP contribution in [0.3, 0.4) is 0 Å². The molecule has 2 aromatic carbocycles. The lowest BCUT2D eigenvalue weighted by Gasteiger charge is -2.08. The molecule has 19 heavy (non-hydrogen) atoms. The minimum absolute atomic E-state index is 0.117. The lowest BCUT2D eigenvalue weighted by Crippen LogP contribution is -2.00. The fourth-order valence-corrected chi connectivity index (χ4v) is 1.88. The Kier molecular flexibility index (Phi) is 3.80. The van der Waals surface area contributed by atoms with Gasteiger partial charge in [-0.05, 0) is 31.0 Å². The zero-order valence-electron chi connectivity index (χ0n) is 11.0. The van der Waals surface area contributed by atoms with E-state index in [4.69, 9.17) is 0 Å². The molecule has 0 aliphatic heterocycles. The molecule has 0 amide bonds. The van der Waals surface area contributed by atoms with Gasteiger partial charge in [-0.3, -0.25) is 10.1 Å². The molecule has 0 saturated carbocycles. The van der Waals surface area contributed by atoms with Crippen LogP contribution in [-0.4, -0.2) is 4.92 Å². The maximum atomic E-state index is 10.8. The van der Waals surface area contributed by atoms with Crippen LogP contribution in [0.15, 0.2) is 42.5 Å². The number of rotatable bonds is 4. The van der Waals surface area contributed by atoms with Crippen molar-refractivity contribution in [2.24, 2.45) is 0 Å². The van der Waals surface area contributed by atoms with Crippen LogP contribution in [0, 0.1) is 24.0 Å². The summed E-state index contributed by atoms with van der Waals surface area (Å²) in [7, 11) is 0. The smallest absolute Gasteiger partial charge is 0.271 e. The van der Waals surface area contributed by atoms with Gasteiger partial charge >= 0.3 is 0 Å². The first kappa shape index (κ1) is 13.1. The topological polar surface area (TPSA) is 55.2 Å². The van der Waals surface area contributed by atoms with Gasteiger partial charge in [0.05, 0.1) is 4.92 Å². The van der Waals surface area contributed by atoms with Gasteiger partial charge in [-0.2, -0.15) is 0 Å². The predicted molar refractivity (Wildman–Crippen MR) is 76.3 cm³/mol. The summed E-state index contributed by atoms with van der Waals surface area (Å²) in [4.78, 5) is 10.4. The SMILES string of the molecule is Cc1ccc(CNc2cc(C)cc([N+](=O)[O-])c2)cc1. The molecule has 2 rings (SSSR count). The van der Waals surface area contributed by atoms with E-state index in [-0.39, 0.29) is 10.6 Å². The summed E-state index contributed by atoms with van der Waals surface area (Å²) in [5.74, 6) is 0. The van der Waals surface area contributed by atoms with Crippen molar-refractivity contribution in [1.29, 1.82) is 0 Å². The molecule has 0 heterocycles. The first-order valence-corrected chi connectivity index (χ1v) is 6.10. The molecule has 0 saturated heterocycles. The van der Waals surface area contributed by atoms with Crippen LogP contribution in [0.5, 0.6) is 0 Å². The Labute approximate surface area is 112 Å². The molecule has 0 aromatic heterocycles. The Morgan fingerprint density at radius 3 is 2.37 bits per heavy atom. The van der Waals surface area contributed by atoms with Crippen molar-refractivity contribution in [1.82, 2.24) is 0 Å². The van der Waals surface area contributed by atoms with Gasteiger partial charge < -0.3 is 5.32 Å². The second-order valence-corrected chi connectivity index (χ2v) is 4.65. The quantitative estimate of drug-likeness (QED) is 0.668. The Hall–Kier alpha value is -2.36. The van der Waals surface area contributed by atoms with Crippen molar-refractivity contribution in [2.45, 2.75) is 20.4 Å². The zero-order valence-corrected chi connectivity index (χ0v) is 11.0. The monoisotopic (exact) mass is 256 g/mol. The lowest BCUT2D eigenvalue weighted by atomic mass is 10.1. The van der Waals surface area contributed by atoms with E-state index in [1.54, 1.807) is 12.1 Å². The van der Waals surface area contributed by atoms with E-state index in [0.717, 1.165) is 16.8 Å². The van der Waals surface area contributed by atoms with E-state index in [1.165, 1.54) is 5.56 Å². The van der Waals surface area contributed by atoms with Crippen molar-refractivity contribution in [3.05, 3.63) is 69.3 Å². The van der Waals surface area contributed by atoms with Gasteiger partial charge in [0.2, 0.25) is 0 Å². The zero-order chi connectivity index (χ0) is 13.8. The number of nitro groups is 1. The van der Waals surface area contributed by atoms with Crippen LogP contribution in [0.1, 0.15) is 16.7 Å². The van der Waals surface area contributed by atoms with E-state index >= 15 is 0 Å². The van der Waals surface area contributed by atoms with Gasteiger partial charge in [0, 0.05) is 24.4 Å². The molecule has 0 radical (unpaired) electrons. The first-order chi connectivity index (χ1) is 9.04. The summed E-state index contributed by atoms with van der Waals surface area (Å²) in [5.41, 5.74) is 4.13. The number of non-ortho nitro benzene ring substituents is 1. The van der Waals surface area contributed by atoms with Crippen molar-refractivity contribution in [3.8, 4) is 0 Å². The summed E-state index contributed by atoms with van der Waals surface area (Å²) in [6.07, 6.45) is 0. The van der Waals surface area contributed by atoms with Crippen LogP contribution < -0.4 is 5.32 Å². The molecule has 98 valence electrons. The number of anilines is 1. The number of benzene rings is 2. The highest BCUT2D eigenvalue weighted by Crippen LogP contribution is 2.21. The highest BCUT2D eigenvalue weighted by Gasteiger charge is 2.07. The molecule has 1 N–H and O–H groups in total. The first-order valence-electron chi connectivity index (χ1n) is 6.10. The van der Waals surface area contributed by atoms with Crippen LogP contribution >= 0.6 is 0 Å². The van der Waals surface area contributed by atoms with Gasteiger partial charge in [-0.25, -0.2) is 0 Å². The number of nitro benzene ring substituents is 1. The second-order valence-electron chi connectivity index (χ2n) is 4.65. The Morgan fingerprint density at radius 1 is 1.05 bits per heavy atom. The Balaban J connectivity index is 2.11. The van der Waals surface area contributed by atoms with E-state index in [2.05, 4.69) is 17.4 Å². The van der Waals surface area contributed by atoms with Gasteiger partial charge in [-0.1, -0.05) is 29.8 Å². The maximum Gasteiger partial charge on any atom is 0.271 e. The van der Waals surface area contributed by atoms with E-state index < -0.39 is 0 Å². The minimum atomic E-state index is -0.371. The normalized spacial score (nSPS) is 10.2. The molecule has 4 nitrogen and oxygen atoms in total. The highest BCUT2D eigenvalue weighted by molar-refractivity contribution is 5.54. The van der Waals surface area contributed by atoms with E-state index in [9.17, 15) is 10.1 Å². The summed E-state index contributed by atoms with van der Waals surface area (Å²) in [6, 6.07) is 13.2. The van der Waals surface area contributed by atoms with Crippen LogP contribution in [0.2, 0.25) is 0 Å². The molecule has 0 aliphatic rings. The lowest BCUT2D eigenvalue weighted by molar-refractivity contribution is -0.384. The van der Waals surface area contributed by atoms with Crippen LogP contribution in [0.25, 0.3) is 0 Å². The van der Waals surface area contributed by atoms with Gasteiger partial charge in [0.25, 0.3) is 5.69 Å². The molecule has 0 unspecified atom stereocenters. The van der Waals surface area contributed by atoms with Gasteiger partial charge in [0.15, 0.2) is 0 Å². The van der Waals surface area contributed by atoms with E-state index in [0.29, 0.717) is 6.54 Å². The number of nitrogens with zero attached hydrogens (tertiary/aromatic N) is 1. The number of nitrogens with one attached hydrogen (secondary N) is 1. The van der Waals surface area contributed by atoms with Crippen molar-refractivity contribution < 1.29 is 4.92 Å². The second kappa shape index (κ2) is 5.52. The average Bonchev–Trinajstić information content (AvgIpc) is 2.37. The standard InChI is InChI=1S/C15H16N2O2/c1-11-3-5-13(6-4-11)10-16-14-7-12(2)8-15(9-14)17(18)19/h3-9,16H,10H2,1-2H3. The van der Waals surface area contributed by atoms with Crippen molar-refractivity contribution in [2.75, 3.05) is 5.32 Å². The third kappa shape index (κ3) is 3.55. The highest BCUT2D eigenvalue weighted by atomic mass is 16.6. The Morgan fingerprint density at radius 2 is 1.74 bits per heavy atom. The predicted octanol–water partition coefficient (Wildman–Crippen LogP) is 3.82. The molecule has 0 atom stereocenters. The van der Waals surface area contributed by atoms with Crippen LogP contribution in [-0.2, 0) is 6.54 Å². The largest absolute Gasteiger partial charge is 0.381 e.